The second kappa shape index (κ2) is 7.30. The summed E-state index contributed by atoms with van der Waals surface area (Å²) in [6.45, 7) is 5.20. The van der Waals surface area contributed by atoms with Gasteiger partial charge in [0, 0.05) is 5.69 Å². The number of nitrogens with zero attached hydrogens (tertiary/aromatic N) is 1. The van der Waals surface area contributed by atoms with Crippen molar-refractivity contribution in [3.63, 3.8) is 0 Å². The van der Waals surface area contributed by atoms with Gasteiger partial charge >= 0.3 is 6.03 Å². The minimum atomic E-state index is -1.24. The third kappa shape index (κ3) is 3.20. The lowest BCUT2D eigenvalue weighted by Crippen LogP contribution is -2.42. The number of hydrogen-bond donors (Lipinski definition) is 2. The Morgan fingerprint density at radius 3 is 2.50 bits per heavy atom. The van der Waals surface area contributed by atoms with Crippen molar-refractivity contribution in [1.82, 2.24) is 10.2 Å². The highest BCUT2D eigenvalue weighted by Crippen LogP contribution is 2.33. The number of fused-ring (bicyclic) bond motifs is 1. The lowest BCUT2D eigenvalue weighted by Gasteiger charge is -2.24. The molecule has 1 aliphatic heterocycles. The maximum absolute atomic E-state index is 13.3. The molecular weight excluding hydrogens is 378 g/mol. The number of carbonyl (C=O) groups is 3. The molecule has 0 unspecified atom stereocenters. The number of amides is 4. The Hall–Kier alpha value is -3.67. The number of hydrogen-bond acceptors (Lipinski definition) is 3. The second-order valence-electron chi connectivity index (χ2n) is 7.77. The third-order valence-electron chi connectivity index (χ3n) is 5.78. The number of nitrogens with one attached hydrogen (secondary N) is 2. The maximum Gasteiger partial charge on any atom is 0.325 e. The van der Waals surface area contributed by atoms with Crippen LogP contribution in [0.4, 0.5) is 10.5 Å². The van der Waals surface area contributed by atoms with E-state index in [9.17, 15) is 14.4 Å². The molecule has 0 aromatic heterocycles. The van der Waals surface area contributed by atoms with Crippen LogP contribution >= 0.6 is 0 Å². The van der Waals surface area contributed by atoms with Crippen molar-refractivity contribution >= 4 is 34.3 Å². The van der Waals surface area contributed by atoms with E-state index >= 15 is 0 Å². The maximum atomic E-state index is 13.3. The van der Waals surface area contributed by atoms with E-state index in [-0.39, 0.29) is 6.54 Å². The van der Waals surface area contributed by atoms with Gasteiger partial charge in [0.1, 0.15) is 12.1 Å². The highest BCUT2D eigenvalue weighted by Gasteiger charge is 2.50. The Balaban J connectivity index is 1.59. The summed E-state index contributed by atoms with van der Waals surface area (Å²) in [4.78, 5) is 39.5. The van der Waals surface area contributed by atoms with Crippen LogP contribution in [-0.4, -0.2) is 29.3 Å². The molecule has 4 rings (SSSR count). The van der Waals surface area contributed by atoms with Gasteiger partial charge in [0.15, 0.2) is 0 Å². The van der Waals surface area contributed by atoms with E-state index in [1.54, 1.807) is 13.0 Å². The van der Waals surface area contributed by atoms with Gasteiger partial charge in [-0.2, -0.15) is 0 Å². The van der Waals surface area contributed by atoms with Crippen molar-refractivity contribution in [3.8, 4) is 0 Å². The monoisotopic (exact) mass is 401 g/mol. The molecule has 2 N–H and O–H groups in total. The molecule has 30 heavy (non-hydrogen) atoms. The first-order chi connectivity index (χ1) is 14.3. The molecule has 0 aliphatic carbocycles. The summed E-state index contributed by atoms with van der Waals surface area (Å²) in [6.07, 6.45) is 0. The Morgan fingerprint density at radius 1 is 1.00 bits per heavy atom. The number of imide groups is 1. The van der Waals surface area contributed by atoms with Crippen LogP contribution in [0.25, 0.3) is 10.8 Å². The standard InChI is InChI=1S/C24H23N3O3/c1-15-8-6-13-20(16(15)2)25-21(28)14-27-22(29)24(3,26-23(27)30)19-12-7-10-17-9-4-5-11-18(17)19/h4-13H,14H2,1-3H3,(H,25,28)(H,26,30)/t24-/m1/s1. The van der Waals surface area contributed by atoms with Crippen molar-refractivity contribution in [2.45, 2.75) is 26.3 Å². The van der Waals surface area contributed by atoms with E-state index in [1.165, 1.54) is 0 Å². The van der Waals surface area contributed by atoms with E-state index in [0.717, 1.165) is 26.8 Å². The van der Waals surface area contributed by atoms with Crippen molar-refractivity contribution in [3.05, 3.63) is 77.4 Å². The molecule has 1 fully saturated rings. The van der Waals surface area contributed by atoms with Crippen LogP contribution in [0.5, 0.6) is 0 Å². The average Bonchev–Trinajstić information content (AvgIpc) is 2.95. The normalized spacial score (nSPS) is 18.6. The smallest absolute Gasteiger partial charge is 0.324 e. The second-order valence-corrected chi connectivity index (χ2v) is 7.77. The fraction of sp³-hybridized carbons (Fsp3) is 0.208. The van der Waals surface area contributed by atoms with Crippen molar-refractivity contribution < 1.29 is 14.4 Å². The average molecular weight is 401 g/mol. The lowest BCUT2D eigenvalue weighted by atomic mass is 9.88. The minimum Gasteiger partial charge on any atom is -0.324 e. The van der Waals surface area contributed by atoms with Gasteiger partial charge in [0.05, 0.1) is 0 Å². The van der Waals surface area contributed by atoms with Crippen molar-refractivity contribution in [1.29, 1.82) is 0 Å². The topological polar surface area (TPSA) is 78.5 Å². The zero-order valence-electron chi connectivity index (χ0n) is 17.2. The first-order valence-corrected chi connectivity index (χ1v) is 9.79. The van der Waals surface area contributed by atoms with Gasteiger partial charge < -0.3 is 10.6 Å². The van der Waals surface area contributed by atoms with Crippen molar-refractivity contribution in [2.24, 2.45) is 0 Å². The van der Waals surface area contributed by atoms with Gasteiger partial charge in [-0.1, -0.05) is 54.6 Å². The zero-order valence-corrected chi connectivity index (χ0v) is 17.2. The largest absolute Gasteiger partial charge is 0.325 e. The van der Waals surface area contributed by atoms with E-state index in [1.807, 2.05) is 68.4 Å². The summed E-state index contributed by atoms with van der Waals surface area (Å²) in [6, 6.07) is 18.4. The number of anilines is 1. The molecule has 1 aliphatic rings. The number of urea groups is 1. The molecule has 0 saturated carbocycles. The summed E-state index contributed by atoms with van der Waals surface area (Å²) < 4.78 is 0. The third-order valence-corrected chi connectivity index (χ3v) is 5.78. The summed E-state index contributed by atoms with van der Waals surface area (Å²) in [7, 11) is 0. The van der Waals surface area contributed by atoms with Crippen LogP contribution in [-0.2, 0) is 15.1 Å². The summed E-state index contributed by atoms with van der Waals surface area (Å²) in [5, 5.41) is 7.45. The molecule has 3 aromatic carbocycles. The van der Waals surface area contributed by atoms with Gasteiger partial charge in [-0.3, -0.25) is 14.5 Å². The summed E-state index contributed by atoms with van der Waals surface area (Å²) in [5.74, 6) is -0.866. The lowest BCUT2D eigenvalue weighted by molar-refractivity contribution is -0.133. The summed E-state index contributed by atoms with van der Waals surface area (Å²) in [5.41, 5.74) is 2.13. The number of aryl methyl sites for hydroxylation is 1. The molecule has 1 saturated heterocycles. The quantitative estimate of drug-likeness (QED) is 0.652. The van der Waals surface area contributed by atoms with E-state index < -0.39 is 23.4 Å². The first-order valence-electron chi connectivity index (χ1n) is 9.79. The van der Waals surface area contributed by atoms with Gasteiger partial charge in [0.2, 0.25) is 5.91 Å². The van der Waals surface area contributed by atoms with E-state index in [2.05, 4.69) is 10.6 Å². The molecule has 3 aromatic rings. The van der Waals surface area contributed by atoms with Gasteiger partial charge in [-0.25, -0.2) is 4.79 Å². The van der Waals surface area contributed by atoms with Crippen LogP contribution in [0.2, 0.25) is 0 Å². The highest BCUT2D eigenvalue weighted by atomic mass is 16.2. The Morgan fingerprint density at radius 2 is 1.70 bits per heavy atom. The Bertz CT molecular complexity index is 1180. The summed E-state index contributed by atoms with van der Waals surface area (Å²) >= 11 is 0. The SMILES string of the molecule is Cc1cccc(NC(=O)CN2C(=O)N[C@](C)(c3cccc4ccccc34)C2=O)c1C. The molecular formula is C24H23N3O3. The van der Waals surface area contributed by atoms with Gasteiger partial charge in [-0.15, -0.1) is 0 Å². The fourth-order valence-corrected chi connectivity index (χ4v) is 3.90. The van der Waals surface area contributed by atoms with Crippen LogP contribution < -0.4 is 10.6 Å². The van der Waals surface area contributed by atoms with Crippen molar-refractivity contribution in [2.75, 3.05) is 11.9 Å². The molecule has 0 radical (unpaired) electrons. The molecule has 152 valence electrons. The number of rotatable bonds is 4. The Labute approximate surface area is 174 Å². The molecule has 0 spiro atoms. The molecule has 6 heteroatoms. The van der Waals surface area contributed by atoms with Gasteiger partial charge in [0.25, 0.3) is 5.91 Å². The van der Waals surface area contributed by atoms with Crippen LogP contribution in [0.3, 0.4) is 0 Å². The number of benzene rings is 3. The molecule has 6 nitrogen and oxygen atoms in total. The van der Waals surface area contributed by atoms with Crippen LogP contribution in [0.15, 0.2) is 60.7 Å². The Kier molecular flexibility index (Phi) is 4.78. The molecule has 4 amide bonds. The van der Waals surface area contributed by atoms with Crippen LogP contribution in [0.1, 0.15) is 23.6 Å². The fourth-order valence-electron chi connectivity index (χ4n) is 3.90. The van der Waals surface area contributed by atoms with Crippen LogP contribution in [0, 0.1) is 13.8 Å². The number of carbonyl (C=O) groups excluding carboxylic acids is 3. The zero-order chi connectivity index (χ0) is 21.5. The predicted molar refractivity (Wildman–Crippen MR) is 116 cm³/mol. The minimum absolute atomic E-state index is 0.349. The molecule has 1 atom stereocenters. The predicted octanol–water partition coefficient (Wildman–Crippen LogP) is 3.86. The van der Waals surface area contributed by atoms with Gasteiger partial charge in [-0.05, 0) is 54.3 Å². The highest BCUT2D eigenvalue weighted by molar-refractivity contribution is 6.11. The molecule has 1 heterocycles. The first kappa shape index (κ1) is 19.6. The van der Waals surface area contributed by atoms with E-state index in [0.29, 0.717) is 11.3 Å². The molecule has 0 bridgehead atoms. The van der Waals surface area contributed by atoms with E-state index in [4.69, 9.17) is 0 Å².